The minimum absolute atomic E-state index is 0.179. The van der Waals surface area contributed by atoms with Crippen LogP contribution in [0.1, 0.15) is 37.3 Å². The molecule has 1 aliphatic rings. The fourth-order valence-corrected chi connectivity index (χ4v) is 2.23. The van der Waals surface area contributed by atoms with Crippen molar-refractivity contribution in [1.82, 2.24) is 5.43 Å². The molecule has 0 saturated carbocycles. The van der Waals surface area contributed by atoms with Crippen LogP contribution in [0.5, 0.6) is 0 Å². The largest absolute Gasteiger partial charge is 0.271 e. The second-order valence-electron chi connectivity index (χ2n) is 4.15. The Morgan fingerprint density at radius 1 is 1.25 bits per heavy atom. The number of hydrogen-bond acceptors (Lipinski definition) is 2. The summed E-state index contributed by atoms with van der Waals surface area (Å²) in [5.41, 5.74) is 4.57. The van der Waals surface area contributed by atoms with Gasteiger partial charge in [0, 0.05) is 5.56 Å². The Morgan fingerprint density at radius 3 is 2.69 bits per heavy atom. The fraction of sp³-hybridized carbons (Fsp3) is 0.385. The number of nitrogens with two attached hydrogens (primary N) is 1. The van der Waals surface area contributed by atoms with E-state index in [0.29, 0.717) is 5.56 Å². The van der Waals surface area contributed by atoms with Crippen molar-refractivity contribution < 1.29 is 4.39 Å². The van der Waals surface area contributed by atoms with Crippen LogP contribution in [-0.4, -0.2) is 0 Å². The Bertz CT molecular complexity index is 387. The first-order chi connectivity index (χ1) is 7.83. The molecule has 1 aromatic carbocycles. The third kappa shape index (κ3) is 2.31. The van der Waals surface area contributed by atoms with E-state index in [-0.39, 0.29) is 11.9 Å². The molecule has 1 aliphatic carbocycles. The summed E-state index contributed by atoms with van der Waals surface area (Å²) >= 11 is 0. The van der Waals surface area contributed by atoms with Crippen molar-refractivity contribution in [3.8, 4) is 0 Å². The van der Waals surface area contributed by atoms with Gasteiger partial charge in [0.25, 0.3) is 0 Å². The average Bonchev–Trinajstić information content (AvgIpc) is 2.34. The lowest BCUT2D eigenvalue weighted by Crippen LogP contribution is -2.30. The van der Waals surface area contributed by atoms with E-state index in [9.17, 15) is 4.39 Å². The van der Waals surface area contributed by atoms with E-state index >= 15 is 0 Å². The van der Waals surface area contributed by atoms with Gasteiger partial charge in [-0.15, -0.1) is 0 Å². The monoisotopic (exact) mass is 220 g/mol. The van der Waals surface area contributed by atoms with Crippen molar-refractivity contribution in [3.63, 3.8) is 0 Å². The average molecular weight is 220 g/mol. The molecule has 0 amide bonds. The zero-order valence-electron chi connectivity index (χ0n) is 9.25. The van der Waals surface area contributed by atoms with E-state index in [1.807, 2.05) is 6.07 Å². The molecule has 86 valence electrons. The summed E-state index contributed by atoms with van der Waals surface area (Å²) in [7, 11) is 0. The van der Waals surface area contributed by atoms with Crippen LogP contribution >= 0.6 is 0 Å². The Balaban J connectivity index is 2.28. The van der Waals surface area contributed by atoms with Gasteiger partial charge in [0.2, 0.25) is 0 Å². The van der Waals surface area contributed by atoms with Crippen molar-refractivity contribution in [1.29, 1.82) is 0 Å². The second-order valence-corrected chi connectivity index (χ2v) is 4.15. The topological polar surface area (TPSA) is 38.0 Å². The molecule has 0 saturated heterocycles. The summed E-state index contributed by atoms with van der Waals surface area (Å²) < 4.78 is 13.7. The minimum Gasteiger partial charge on any atom is -0.271 e. The molecule has 3 N–H and O–H groups in total. The first kappa shape index (κ1) is 11.3. The zero-order valence-corrected chi connectivity index (χ0v) is 9.25. The van der Waals surface area contributed by atoms with E-state index in [4.69, 9.17) is 5.84 Å². The maximum Gasteiger partial charge on any atom is 0.128 e. The van der Waals surface area contributed by atoms with Crippen LogP contribution in [0.3, 0.4) is 0 Å². The van der Waals surface area contributed by atoms with Crippen molar-refractivity contribution >= 4 is 0 Å². The molecule has 0 fully saturated rings. The van der Waals surface area contributed by atoms with Crippen LogP contribution in [0.2, 0.25) is 0 Å². The van der Waals surface area contributed by atoms with E-state index in [0.717, 1.165) is 12.8 Å². The van der Waals surface area contributed by atoms with Gasteiger partial charge < -0.3 is 0 Å². The Morgan fingerprint density at radius 2 is 2.06 bits per heavy atom. The van der Waals surface area contributed by atoms with Gasteiger partial charge in [0.05, 0.1) is 6.04 Å². The molecule has 0 aromatic heterocycles. The van der Waals surface area contributed by atoms with Crippen molar-refractivity contribution in [3.05, 3.63) is 47.3 Å². The second kappa shape index (κ2) is 5.23. The number of nitrogens with one attached hydrogen (secondary N) is 1. The summed E-state index contributed by atoms with van der Waals surface area (Å²) in [6.45, 7) is 0. The third-order valence-corrected chi connectivity index (χ3v) is 3.08. The van der Waals surface area contributed by atoms with Gasteiger partial charge in [0.15, 0.2) is 0 Å². The highest BCUT2D eigenvalue weighted by Gasteiger charge is 2.19. The highest BCUT2D eigenvalue weighted by molar-refractivity contribution is 5.30. The molecular formula is C13H17FN2. The Kier molecular flexibility index (Phi) is 3.70. The summed E-state index contributed by atoms with van der Waals surface area (Å²) in [6, 6.07) is 6.62. The fourth-order valence-electron chi connectivity index (χ4n) is 2.23. The highest BCUT2D eigenvalue weighted by atomic mass is 19.1. The Labute approximate surface area is 95.3 Å². The molecule has 0 bridgehead atoms. The number of hydrogen-bond donors (Lipinski definition) is 2. The standard InChI is InChI=1S/C13H17FN2/c14-12-9-5-4-8-11(12)13(16-15)10-6-2-1-3-7-10/h4-6,8-9,13,16H,1-3,7,15H2. The summed E-state index contributed by atoms with van der Waals surface area (Å²) in [4.78, 5) is 0. The van der Waals surface area contributed by atoms with Crippen LogP contribution in [0.4, 0.5) is 4.39 Å². The maximum absolute atomic E-state index is 13.7. The highest BCUT2D eigenvalue weighted by Crippen LogP contribution is 2.30. The lowest BCUT2D eigenvalue weighted by molar-refractivity contribution is 0.528. The lowest BCUT2D eigenvalue weighted by atomic mass is 9.90. The summed E-state index contributed by atoms with van der Waals surface area (Å²) in [6.07, 6.45) is 6.64. The zero-order chi connectivity index (χ0) is 11.4. The summed E-state index contributed by atoms with van der Waals surface area (Å²) in [5, 5.41) is 0. The number of benzene rings is 1. The first-order valence-electron chi connectivity index (χ1n) is 5.72. The summed E-state index contributed by atoms with van der Waals surface area (Å²) in [5.74, 6) is 5.35. The number of rotatable bonds is 3. The molecule has 0 heterocycles. The number of hydrazine groups is 1. The third-order valence-electron chi connectivity index (χ3n) is 3.08. The van der Waals surface area contributed by atoms with Crippen molar-refractivity contribution in [2.75, 3.05) is 0 Å². The smallest absolute Gasteiger partial charge is 0.128 e. The lowest BCUT2D eigenvalue weighted by Gasteiger charge is -2.23. The molecule has 0 spiro atoms. The van der Waals surface area contributed by atoms with Crippen LogP contribution in [0.25, 0.3) is 0 Å². The first-order valence-corrected chi connectivity index (χ1v) is 5.72. The molecule has 0 radical (unpaired) electrons. The number of allylic oxidation sites excluding steroid dienone is 1. The molecule has 1 aromatic rings. The predicted octanol–water partition coefficient (Wildman–Crippen LogP) is 2.83. The molecule has 2 nitrogen and oxygen atoms in total. The van der Waals surface area contributed by atoms with Gasteiger partial charge in [-0.3, -0.25) is 5.84 Å². The van der Waals surface area contributed by atoms with Crippen LogP contribution in [0.15, 0.2) is 35.9 Å². The van der Waals surface area contributed by atoms with Gasteiger partial charge in [-0.05, 0) is 31.7 Å². The van der Waals surface area contributed by atoms with Crippen LogP contribution in [-0.2, 0) is 0 Å². The van der Waals surface area contributed by atoms with Gasteiger partial charge in [-0.1, -0.05) is 29.8 Å². The van der Waals surface area contributed by atoms with E-state index < -0.39 is 0 Å². The predicted molar refractivity (Wildman–Crippen MR) is 63.0 cm³/mol. The molecule has 2 rings (SSSR count). The molecule has 0 aliphatic heterocycles. The minimum atomic E-state index is -0.197. The van der Waals surface area contributed by atoms with Crippen LogP contribution in [0, 0.1) is 5.82 Å². The van der Waals surface area contributed by atoms with Gasteiger partial charge in [-0.25, -0.2) is 9.82 Å². The molecular weight excluding hydrogens is 203 g/mol. The van der Waals surface area contributed by atoms with E-state index in [2.05, 4.69) is 11.5 Å². The SMILES string of the molecule is NNC(C1=CCCCC1)c1ccccc1F. The quantitative estimate of drug-likeness (QED) is 0.467. The number of halogens is 1. The molecule has 3 heteroatoms. The molecule has 1 atom stereocenters. The van der Waals surface area contributed by atoms with Gasteiger partial charge in [0.1, 0.15) is 5.82 Å². The normalized spacial score (nSPS) is 18.0. The molecule has 16 heavy (non-hydrogen) atoms. The van der Waals surface area contributed by atoms with Crippen LogP contribution < -0.4 is 11.3 Å². The maximum atomic E-state index is 13.7. The van der Waals surface area contributed by atoms with Crippen molar-refractivity contribution in [2.24, 2.45) is 5.84 Å². The van der Waals surface area contributed by atoms with Gasteiger partial charge in [-0.2, -0.15) is 0 Å². The van der Waals surface area contributed by atoms with Crippen molar-refractivity contribution in [2.45, 2.75) is 31.7 Å². The molecule has 1 unspecified atom stereocenters. The van der Waals surface area contributed by atoms with E-state index in [1.54, 1.807) is 12.1 Å². The Hall–Kier alpha value is -1.19. The van der Waals surface area contributed by atoms with Gasteiger partial charge >= 0.3 is 0 Å². The van der Waals surface area contributed by atoms with E-state index in [1.165, 1.54) is 24.5 Å².